The van der Waals surface area contributed by atoms with Gasteiger partial charge in [0.25, 0.3) is 0 Å². The summed E-state index contributed by atoms with van der Waals surface area (Å²) in [7, 11) is 1.84. The Morgan fingerprint density at radius 3 is 2.50 bits per heavy atom. The van der Waals surface area contributed by atoms with Gasteiger partial charge in [0, 0.05) is 12.5 Å². The molecule has 4 nitrogen and oxygen atoms in total. The van der Waals surface area contributed by atoms with E-state index in [2.05, 4.69) is 24.5 Å². The Hall–Kier alpha value is -1.26. The van der Waals surface area contributed by atoms with Crippen LogP contribution < -0.4 is 15.4 Å². The van der Waals surface area contributed by atoms with Gasteiger partial charge in [-0.05, 0) is 25.1 Å². The number of benzene rings is 1. The lowest BCUT2D eigenvalue weighted by Crippen LogP contribution is -2.28. The highest BCUT2D eigenvalue weighted by molar-refractivity contribution is 5.93. The largest absolute Gasteiger partial charge is 0.491 e. The van der Waals surface area contributed by atoms with Crippen molar-refractivity contribution in [1.29, 1.82) is 0 Å². The molecule has 20 heavy (non-hydrogen) atoms. The Balaban J connectivity index is 0.00000361. The Bertz CT molecular complexity index is 411. The van der Waals surface area contributed by atoms with Crippen LogP contribution in [-0.4, -0.2) is 26.1 Å². The molecule has 5 heteroatoms. The molecule has 0 bridgehead atoms. The molecule has 114 valence electrons. The average molecular weight is 301 g/mol. The number of para-hydroxylation sites is 2. The molecule has 0 saturated heterocycles. The minimum absolute atomic E-state index is 0. The first kappa shape index (κ1) is 18.7. The Morgan fingerprint density at radius 1 is 1.25 bits per heavy atom. The van der Waals surface area contributed by atoms with Crippen molar-refractivity contribution in [2.45, 2.75) is 20.8 Å². The number of hydrogen-bond donors (Lipinski definition) is 2. The molecular formula is C15H25ClN2O2. The summed E-state index contributed by atoms with van der Waals surface area (Å²) in [6, 6.07) is 7.53. The lowest BCUT2D eigenvalue weighted by molar-refractivity contribution is -0.119. The molecule has 1 aromatic rings. The molecule has 1 unspecified atom stereocenters. The number of anilines is 1. The molecule has 1 atom stereocenters. The van der Waals surface area contributed by atoms with Gasteiger partial charge in [-0.15, -0.1) is 12.4 Å². The van der Waals surface area contributed by atoms with Crippen molar-refractivity contribution < 1.29 is 9.53 Å². The summed E-state index contributed by atoms with van der Waals surface area (Å²) in [5, 5.41) is 5.91. The quantitative estimate of drug-likeness (QED) is 0.814. The lowest BCUT2D eigenvalue weighted by atomic mass is 10.1. The van der Waals surface area contributed by atoms with Gasteiger partial charge in [0.1, 0.15) is 5.75 Å². The lowest BCUT2D eigenvalue weighted by Gasteiger charge is -2.16. The van der Waals surface area contributed by atoms with Crippen molar-refractivity contribution in [2.75, 3.05) is 25.5 Å². The predicted octanol–water partition coefficient (Wildman–Crippen LogP) is 2.94. The number of hydrogen-bond acceptors (Lipinski definition) is 3. The van der Waals surface area contributed by atoms with E-state index in [0.717, 1.165) is 11.4 Å². The second-order valence-electron chi connectivity index (χ2n) is 5.15. The number of amides is 1. The van der Waals surface area contributed by atoms with Crippen molar-refractivity contribution in [3.8, 4) is 5.75 Å². The molecule has 0 aliphatic heterocycles. The van der Waals surface area contributed by atoms with Crippen molar-refractivity contribution in [3.05, 3.63) is 24.3 Å². The maximum atomic E-state index is 12.0. The molecule has 0 heterocycles. The molecule has 0 aliphatic carbocycles. The standard InChI is InChI=1S/C15H24N2O2.ClH/c1-11(2)10-19-14-8-6-5-7-13(14)17-15(18)12(3)9-16-4;/h5-8,11-12,16H,9-10H2,1-4H3,(H,17,18);1H. The summed E-state index contributed by atoms with van der Waals surface area (Å²) in [6.45, 7) is 7.37. The van der Waals surface area contributed by atoms with Crippen LogP contribution in [0, 0.1) is 11.8 Å². The summed E-state index contributed by atoms with van der Waals surface area (Å²) < 4.78 is 5.71. The van der Waals surface area contributed by atoms with E-state index in [1.807, 2.05) is 38.2 Å². The minimum atomic E-state index is -0.0804. The zero-order valence-electron chi connectivity index (χ0n) is 12.6. The topological polar surface area (TPSA) is 50.4 Å². The van der Waals surface area contributed by atoms with E-state index in [-0.39, 0.29) is 24.2 Å². The second kappa shape index (κ2) is 9.61. The van der Waals surface area contributed by atoms with Crippen LogP contribution >= 0.6 is 12.4 Å². The zero-order valence-corrected chi connectivity index (χ0v) is 13.4. The molecular weight excluding hydrogens is 276 g/mol. The number of ether oxygens (including phenoxy) is 1. The van der Waals surface area contributed by atoms with Crippen LogP contribution in [0.25, 0.3) is 0 Å². The van der Waals surface area contributed by atoms with Crippen molar-refractivity contribution in [3.63, 3.8) is 0 Å². The monoisotopic (exact) mass is 300 g/mol. The van der Waals surface area contributed by atoms with E-state index in [1.54, 1.807) is 0 Å². The molecule has 1 amide bonds. The van der Waals surface area contributed by atoms with Gasteiger partial charge < -0.3 is 15.4 Å². The predicted molar refractivity (Wildman–Crippen MR) is 85.7 cm³/mol. The van der Waals surface area contributed by atoms with Crippen LogP contribution in [0.1, 0.15) is 20.8 Å². The van der Waals surface area contributed by atoms with Gasteiger partial charge in [0.15, 0.2) is 0 Å². The smallest absolute Gasteiger partial charge is 0.228 e. The van der Waals surface area contributed by atoms with E-state index in [1.165, 1.54) is 0 Å². The van der Waals surface area contributed by atoms with Gasteiger partial charge in [-0.25, -0.2) is 0 Å². The first-order valence-electron chi connectivity index (χ1n) is 6.72. The highest BCUT2D eigenvalue weighted by atomic mass is 35.5. The van der Waals surface area contributed by atoms with Crippen molar-refractivity contribution in [1.82, 2.24) is 5.32 Å². The molecule has 1 aromatic carbocycles. The van der Waals surface area contributed by atoms with E-state index in [0.29, 0.717) is 19.1 Å². The third-order valence-electron chi connectivity index (χ3n) is 2.67. The number of nitrogens with one attached hydrogen (secondary N) is 2. The normalized spacial score (nSPS) is 11.7. The summed E-state index contributed by atoms with van der Waals surface area (Å²) >= 11 is 0. The molecule has 0 aromatic heterocycles. The van der Waals surface area contributed by atoms with Crippen LogP contribution in [0.2, 0.25) is 0 Å². The van der Waals surface area contributed by atoms with Crippen LogP contribution in [0.15, 0.2) is 24.3 Å². The van der Waals surface area contributed by atoms with E-state index in [4.69, 9.17) is 4.74 Å². The Labute approximate surface area is 127 Å². The fourth-order valence-electron chi connectivity index (χ4n) is 1.61. The van der Waals surface area contributed by atoms with E-state index in [9.17, 15) is 4.79 Å². The van der Waals surface area contributed by atoms with Crippen LogP contribution in [0.4, 0.5) is 5.69 Å². The third-order valence-corrected chi connectivity index (χ3v) is 2.67. The molecule has 0 saturated carbocycles. The molecule has 0 spiro atoms. The van der Waals surface area contributed by atoms with Crippen LogP contribution in [0.5, 0.6) is 5.75 Å². The molecule has 0 aliphatic rings. The third kappa shape index (κ3) is 6.26. The Kier molecular flexibility index (Phi) is 9.01. The highest BCUT2D eigenvalue weighted by Crippen LogP contribution is 2.24. The van der Waals surface area contributed by atoms with Gasteiger partial charge in [-0.1, -0.05) is 32.9 Å². The minimum Gasteiger partial charge on any atom is -0.491 e. The molecule has 0 radical (unpaired) electrons. The van der Waals surface area contributed by atoms with Gasteiger partial charge in [-0.3, -0.25) is 4.79 Å². The molecule has 1 rings (SSSR count). The SMILES string of the molecule is CNCC(C)C(=O)Nc1ccccc1OCC(C)C.Cl. The van der Waals surface area contributed by atoms with Gasteiger partial charge in [0.05, 0.1) is 12.3 Å². The Morgan fingerprint density at radius 2 is 1.90 bits per heavy atom. The van der Waals surface area contributed by atoms with E-state index < -0.39 is 0 Å². The van der Waals surface area contributed by atoms with Crippen molar-refractivity contribution in [2.24, 2.45) is 11.8 Å². The second-order valence-corrected chi connectivity index (χ2v) is 5.15. The van der Waals surface area contributed by atoms with Gasteiger partial charge in [0.2, 0.25) is 5.91 Å². The zero-order chi connectivity index (χ0) is 14.3. The van der Waals surface area contributed by atoms with Crippen LogP contribution in [-0.2, 0) is 4.79 Å². The van der Waals surface area contributed by atoms with Crippen LogP contribution in [0.3, 0.4) is 0 Å². The fourth-order valence-corrected chi connectivity index (χ4v) is 1.61. The first-order chi connectivity index (χ1) is 9.04. The summed E-state index contributed by atoms with van der Waals surface area (Å²) in [5.41, 5.74) is 0.733. The number of carbonyl (C=O) groups excluding carboxylic acids is 1. The number of rotatable bonds is 7. The maximum Gasteiger partial charge on any atom is 0.228 e. The van der Waals surface area contributed by atoms with Gasteiger partial charge in [-0.2, -0.15) is 0 Å². The van der Waals surface area contributed by atoms with Crippen molar-refractivity contribution >= 4 is 24.0 Å². The number of carbonyl (C=O) groups is 1. The summed E-state index contributed by atoms with van der Waals surface area (Å²) in [4.78, 5) is 12.0. The summed E-state index contributed by atoms with van der Waals surface area (Å²) in [5.74, 6) is 1.09. The molecule has 2 N–H and O–H groups in total. The van der Waals surface area contributed by atoms with Gasteiger partial charge >= 0.3 is 0 Å². The summed E-state index contributed by atoms with van der Waals surface area (Å²) in [6.07, 6.45) is 0. The maximum absolute atomic E-state index is 12.0. The van der Waals surface area contributed by atoms with E-state index >= 15 is 0 Å². The molecule has 0 fully saturated rings. The average Bonchev–Trinajstić information content (AvgIpc) is 2.37. The first-order valence-corrected chi connectivity index (χ1v) is 6.72. The highest BCUT2D eigenvalue weighted by Gasteiger charge is 2.14. The number of halogens is 1. The fraction of sp³-hybridized carbons (Fsp3) is 0.533.